The molecule has 4 rings (SSSR count). The summed E-state index contributed by atoms with van der Waals surface area (Å²) in [5.41, 5.74) is 2.82. The van der Waals surface area contributed by atoms with E-state index in [2.05, 4.69) is 29.6 Å². The van der Waals surface area contributed by atoms with Crippen molar-refractivity contribution in [1.82, 2.24) is 10.2 Å². The Morgan fingerprint density at radius 3 is 2.85 bits per heavy atom. The summed E-state index contributed by atoms with van der Waals surface area (Å²) >= 11 is 1.47. The molecule has 2 aromatic rings. The molecule has 1 saturated heterocycles. The normalized spacial score (nSPS) is 22.1. The molecule has 2 heterocycles. The lowest BCUT2D eigenvalue weighted by Crippen LogP contribution is -2.46. The molecule has 5 heteroatoms. The van der Waals surface area contributed by atoms with Gasteiger partial charge in [0.25, 0.3) is 5.91 Å². The van der Waals surface area contributed by atoms with Gasteiger partial charge >= 0.3 is 0 Å². The number of hydrogen-bond donors (Lipinski definition) is 1. The summed E-state index contributed by atoms with van der Waals surface area (Å²) in [6.45, 7) is 1.98. The van der Waals surface area contributed by atoms with Crippen molar-refractivity contribution in [3.05, 3.63) is 57.8 Å². The molecule has 1 N–H and O–H groups in total. The number of aryl methyl sites for hydroxylation is 1. The molecule has 1 aromatic heterocycles. The van der Waals surface area contributed by atoms with E-state index in [9.17, 15) is 9.59 Å². The summed E-state index contributed by atoms with van der Waals surface area (Å²) in [6, 6.07) is 12.4. The topological polar surface area (TPSA) is 49.4 Å². The Kier molecular flexibility index (Phi) is 5.58. The predicted molar refractivity (Wildman–Crippen MR) is 108 cm³/mol. The van der Waals surface area contributed by atoms with E-state index in [-0.39, 0.29) is 17.7 Å². The van der Waals surface area contributed by atoms with Gasteiger partial charge in [0.2, 0.25) is 5.91 Å². The molecule has 2 aliphatic rings. The lowest BCUT2D eigenvalue weighted by Gasteiger charge is -2.32. The van der Waals surface area contributed by atoms with E-state index >= 15 is 0 Å². The van der Waals surface area contributed by atoms with E-state index in [1.54, 1.807) is 0 Å². The first-order valence-electron chi connectivity index (χ1n) is 9.90. The van der Waals surface area contributed by atoms with Crippen LogP contribution in [0.15, 0.2) is 41.8 Å². The number of carbonyl (C=O) groups excluding carboxylic acids is 2. The zero-order chi connectivity index (χ0) is 18.6. The number of fused-ring (bicyclic) bond motifs is 1. The summed E-state index contributed by atoms with van der Waals surface area (Å²) in [7, 11) is 0. The van der Waals surface area contributed by atoms with Gasteiger partial charge < -0.3 is 10.2 Å². The van der Waals surface area contributed by atoms with Gasteiger partial charge in [0.05, 0.1) is 10.8 Å². The van der Waals surface area contributed by atoms with Crippen molar-refractivity contribution in [2.45, 2.75) is 38.0 Å². The first-order chi connectivity index (χ1) is 13.2. The first-order valence-corrected chi connectivity index (χ1v) is 10.8. The average molecular weight is 383 g/mol. The minimum atomic E-state index is -0.0958. The number of thiophene rings is 1. The van der Waals surface area contributed by atoms with Gasteiger partial charge in [-0.05, 0) is 54.7 Å². The Labute approximate surface area is 164 Å². The van der Waals surface area contributed by atoms with Crippen molar-refractivity contribution >= 4 is 23.2 Å². The molecular formula is C22H26N2O2S. The minimum absolute atomic E-state index is 0.0590. The fraction of sp³-hybridized carbons (Fsp3) is 0.455. The Balaban J connectivity index is 1.34. The van der Waals surface area contributed by atoms with Crippen LogP contribution in [0, 0.1) is 5.92 Å². The van der Waals surface area contributed by atoms with E-state index in [4.69, 9.17) is 0 Å². The van der Waals surface area contributed by atoms with Gasteiger partial charge in [-0.3, -0.25) is 9.59 Å². The molecule has 2 unspecified atom stereocenters. The van der Waals surface area contributed by atoms with E-state index in [0.717, 1.165) is 37.1 Å². The lowest BCUT2D eigenvalue weighted by atomic mass is 9.82. The number of likely N-dealkylation sites (tertiary alicyclic amines) is 1. The van der Waals surface area contributed by atoms with Crippen LogP contribution in [0.1, 0.15) is 52.4 Å². The van der Waals surface area contributed by atoms with Crippen molar-refractivity contribution in [2.24, 2.45) is 5.92 Å². The van der Waals surface area contributed by atoms with E-state index < -0.39 is 0 Å². The van der Waals surface area contributed by atoms with Gasteiger partial charge in [0, 0.05) is 25.6 Å². The number of benzene rings is 1. The molecule has 2 amide bonds. The Morgan fingerprint density at radius 2 is 2.00 bits per heavy atom. The van der Waals surface area contributed by atoms with E-state index in [1.807, 2.05) is 22.4 Å². The van der Waals surface area contributed by atoms with Crippen LogP contribution in [0.3, 0.4) is 0 Å². The molecule has 0 bridgehead atoms. The third kappa shape index (κ3) is 4.08. The highest BCUT2D eigenvalue weighted by Crippen LogP contribution is 2.31. The van der Waals surface area contributed by atoms with Crippen molar-refractivity contribution in [1.29, 1.82) is 0 Å². The van der Waals surface area contributed by atoms with Gasteiger partial charge in [-0.1, -0.05) is 30.3 Å². The Bertz CT molecular complexity index is 802. The van der Waals surface area contributed by atoms with Gasteiger partial charge in [-0.2, -0.15) is 0 Å². The van der Waals surface area contributed by atoms with Crippen LogP contribution >= 0.6 is 11.3 Å². The third-order valence-corrected chi connectivity index (χ3v) is 6.69. The summed E-state index contributed by atoms with van der Waals surface area (Å²) < 4.78 is 0. The van der Waals surface area contributed by atoms with E-state index in [1.165, 1.54) is 28.9 Å². The van der Waals surface area contributed by atoms with Gasteiger partial charge in [0.15, 0.2) is 0 Å². The van der Waals surface area contributed by atoms with Crippen LogP contribution in [-0.4, -0.2) is 36.3 Å². The SMILES string of the molecule is O=C(NCC1CCCc2ccccc21)C1CCCN(C(=O)c2cccs2)C1. The summed E-state index contributed by atoms with van der Waals surface area (Å²) in [4.78, 5) is 27.9. The van der Waals surface area contributed by atoms with Gasteiger partial charge in [0.1, 0.15) is 0 Å². The predicted octanol–water partition coefficient (Wildman–Crippen LogP) is 3.84. The molecular weight excluding hydrogens is 356 g/mol. The lowest BCUT2D eigenvalue weighted by molar-refractivity contribution is -0.126. The molecule has 2 atom stereocenters. The maximum Gasteiger partial charge on any atom is 0.263 e. The number of amides is 2. The zero-order valence-corrected chi connectivity index (χ0v) is 16.3. The molecule has 0 spiro atoms. The first kappa shape index (κ1) is 18.2. The van der Waals surface area contributed by atoms with E-state index in [0.29, 0.717) is 19.0 Å². The second-order valence-corrected chi connectivity index (χ2v) is 8.55. The molecule has 0 radical (unpaired) electrons. The van der Waals surface area contributed by atoms with Crippen molar-refractivity contribution in [3.63, 3.8) is 0 Å². The Morgan fingerprint density at radius 1 is 1.11 bits per heavy atom. The monoisotopic (exact) mass is 382 g/mol. The quantitative estimate of drug-likeness (QED) is 0.873. The number of rotatable bonds is 4. The van der Waals surface area contributed by atoms with Crippen molar-refractivity contribution < 1.29 is 9.59 Å². The van der Waals surface area contributed by atoms with Crippen LogP contribution in [0.4, 0.5) is 0 Å². The smallest absolute Gasteiger partial charge is 0.263 e. The highest BCUT2D eigenvalue weighted by Gasteiger charge is 2.30. The van der Waals surface area contributed by atoms with Crippen LogP contribution in [0.25, 0.3) is 0 Å². The summed E-state index contributed by atoms with van der Waals surface area (Å²) in [6.07, 6.45) is 5.21. The van der Waals surface area contributed by atoms with Crippen LogP contribution in [0.5, 0.6) is 0 Å². The number of carbonyl (C=O) groups is 2. The van der Waals surface area contributed by atoms with Crippen molar-refractivity contribution in [3.8, 4) is 0 Å². The number of piperidine rings is 1. The molecule has 142 valence electrons. The molecule has 1 aliphatic carbocycles. The molecule has 4 nitrogen and oxygen atoms in total. The number of nitrogens with zero attached hydrogens (tertiary/aromatic N) is 1. The molecule has 1 fully saturated rings. The largest absolute Gasteiger partial charge is 0.355 e. The highest BCUT2D eigenvalue weighted by molar-refractivity contribution is 7.12. The fourth-order valence-electron chi connectivity index (χ4n) is 4.37. The molecule has 1 aromatic carbocycles. The fourth-order valence-corrected chi connectivity index (χ4v) is 5.06. The maximum absolute atomic E-state index is 12.8. The summed E-state index contributed by atoms with van der Waals surface area (Å²) in [5.74, 6) is 0.471. The zero-order valence-electron chi connectivity index (χ0n) is 15.5. The van der Waals surface area contributed by atoms with Crippen LogP contribution in [-0.2, 0) is 11.2 Å². The Hall–Kier alpha value is -2.14. The third-order valence-electron chi connectivity index (χ3n) is 5.83. The number of nitrogens with one attached hydrogen (secondary N) is 1. The highest BCUT2D eigenvalue weighted by atomic mass is 32.1. The molecule has 0 saturated carbocycles. The summed E-state index contributed by atoms with van der Waals surface area (Å²) in [5, 5.41) is 5.10. The second-order valence-electron chi connectivity index (χ2n) is 7.60. The average Bonchev–Trinajstić information content (AvgIpc) is 3.26. The van der Waals surface area contributed by atoms with Crippen LogP contribution < -0.4 is 5.32 Å². The maximum atomic E-state index is 12.8. The second kappa shape index (κ2) is 8.26. The number of hydrogen-bond acceptors (Lipinski definition) is 3. The van der Waals surface area contributed by atoms with Crippen molar-refractivity contribution in [2.75, 3.05) is 19.6 Å². The minimum Gasteiger partial charge on any atom is -0.355 e. The van der Waals surface area contributed by atoms with Crippen LogP contribution in [0.2, 0.25) is 0 Å². The standard InChI is InChI=1S/C22H26N2O2S/c25-21(23-14-17-8-3-7-16-6-1-2-10-19(16)17)18-9-4-12-24(15-18)22(26)20-11-5-13-27-20/h1-2,5-6,10-11,13,17-18H,3-4,7-9,12,14-15H2,(H,23,25). The molecule has 27 heavy (non-hydrogen) atoms. The molecule has 1 aliphatic heterocycles. The van der Waals surface area contributed by atoms with Gasteiger partial charge in [-0.15, -0.1) is 11.3 Å². The van der Waals surface area contributed by atoms with Gasteiger partial charge in [-0.25, -0.2) is 0 Å².